The van der Waals surface area contributed by atoms with E-state index in [-0.39, 0.29) is 11.8 Å². The van der Waals surface area contributed by atoms with Gasteiger partial charge < -0.3 is 20.5 Å². The molecule has 5 nitrogen and oxygen atoms in total. The van der Waals surface area contributed by atoms with E-state index < -0.39 is 0 Å². The first kappa shape index (κ1) is 23.1. The number of hydrogen-bond donors (Lipinski definition) is 2. The van der Waals surface area contributed by atoms with E-state index in [1.807, 2.05) is 11.3 Å². The molecule has 178 valence electrons. The van der Waals surface area contributed by atoms with Crippen molar-refractivity contribution < 1.29 is 4.79 Å². The van der Waals surface area contributed by atoms with Crippen molar-refractivity contribution >= 4 is 39.0 Å². The Morgan fingerprint density at radius 1 is 1.09 bits per heavy atom. The number of aromatic nitrogens is 1. The Hall–Kier alpha value is -2.67. The highest BCUT2D eigenvalue weighted by Crippen LogP contribution is 2.35. The van der Waals surface area contributed by atoms with E-state index in [1.165, 1.54) is 43.4 Å². The lowest BCUT2D eigenvalue weighted by Crippen LogP contribution is -2.41. The van der Waals surface area contributed by atoms with Gasteiger partial charge in [-0.2, -0.15) is 0 Å². The minimum atomic E-state index is -0.143. The van der Waals surface area contributed by atoms with Gasteiger partial charge in [0.15, 0.2) is 0 Å². The van der Waals surface area contributed by atoms with Gasteiger partial charge in [0, 0.05) is 58.8 Å². The number of fused-ring (bicyclic) bond motifs is 3. The predicted molar refractivity (Wildman–Crippen MR) is 143 cm³/mol. The molecule has 2 aromatic heterocycles. The van der Waals surface area contributed by atoms with Crippen molar-refractivity contribution in [3.63, 3.8) is 0 Å². The van der Waals surface area contributed by atoms with E-state index in [0.717, 1.165) is 52.1 Å². The normalized spacial score (nSPS) is 15.5. The fourth-order valence-corrected chi connectivity index (χ4v) is 6.14. The van der Waals surface area contributed by atoms with E-state index in [4.69, 9.17) is 5.73 Å². The summed E-state index contributed by atoms with van der Waals surface area (Å²) in [4.78, 5) is 15.1. The van der Waals surface area contributed by atoms with Crippen molar-refractivity contribution in [1.82, 2.24) is 14.8 Å². The minimum Gasteiger partial charge on any atom is -0.369 e. The molecule has 3 heterocycles. The van der Waals surface area contributed by atoms with Gasteiger partial charge in [0.05, 0.1) is 0 Å². The maximum atomic E-state index is 11.3. The van der Waals surface area contributed by atoms with Crippen LogP contribution in [0.25, 0.3) is 32.2 Å². The lowest BCUT2D eigenvalue weighted by atomic mass is 9.96. The number of thiophene rings is 1. The summed E-state index contributed by atoms with van der Waals surface area (Å²) in [6.07, 6.45) is 1.78. The van der Waals surface area contributed by atoms with Crippen molar-refractivity contribution in [3.05, 3.63) is 59.0 Å². The molecule has 0 spiro atoms. The monoisotopic (exact) mass is 474 g/mol. The third kappa shape index (κ3) is 4.63. The van der Waals surface area contributed by atoms with Crippen molar-refractivity contribution in [2.75, 3.05) is 26.2 Å². The van der Waals surface area contributed by atoms with Gasteiger partial charge in [0.25, 0.3) is 0 Å². The molecule has 0 radical (unpaired) electrons. The second kappa shape index (κ2) is 9.90. The number of primary amides is 1. The molecule has 1 aliphatic rings. The molecule has 0 bridgehead atoms. The number of nitrogens with zero attached hydrogens (tertiary/aromatic N) is 2. The highest BCUT2D eigenvalue weighted by atomic mass is 32.1. The van der Waals surface area contributed by atoms with E-state index >= 15 is 0 Å². The fraction of sp³-hybridized carbons (Fsp3) is 0.393. The number of carbonyl (C=O) groups excluding carboxylic acids is 1. The summed E-state index contributed by atoms with van der Waals surface area (Å²) in [5.74, 6) is -0.0814. The van der Waals surface area contributed by atoms with Crippen LogP contribution in [-0.4, -0.2) is 41.6 Å². The number of amides is 1. The number of aryl methyl sites for hydroxylation is 2. The number of piperidine rings is 1. The molecule has 1 amide bonds. The van der Waals surface area contributed by atoms with Crippen LogP contribution in [0.2, 0.25) is 0 Å². The zero-order valence-electron chi connectivity index (χ0n) is 20.1. The smallest absolute Gasteiger partial charge is 0.220 e. The Bertz CT molecular complexity index is 1310. The Morgan fingerprint density at radius 2 is 1.91 bits per heavy atom. The maximum Gasteiger partial charge on any atom is 0.220 e. The zero-order chi connectivity index (χ0) is 23.7. The first-order valence-corrected chi connectivity index (χ1v) is 13.2. The summed E-state index contributed by atoms with van der Waals surface area (Å²) in [6.45, 7) is 10.1. The second-order valence-electron chi connectivity index (χ2n) is 9.51. The van der Waals surface area contributed by atoms with Crippen molar-refractivity contribution in [1.29, 1.82) is 0 Å². The molecular weight excluding hydrogens is 440 g/mol. The molecule has 1 fully saturated rings. The molecule has 3 N–H and O–H groups in total. The Balaban J connectivity index is 1.28. The van der Waals surface area contributed by atoms with Gasteiger partial charge in [0.1, 0.15) is 0 Å². The third-order valence-electron chi connectivity index (χ3n) is 7.19. The van der Waals surface area contributed by atoms with Crippen molar-refractivity contribution in [2.24, 2.45) is 11.7 Å². The summed E-state index contributed by atoms with van der Waals surface area (Å²) >= 11 is 1.82. The molecule has 0 aliphatic carbocycles. The summed E-state index contributed by atoms with van der Waals surface area (Å²) in [6, 6.07) is 16.1. The number of rotatable bonds is 8. The first-order chi connectivity index (χ1) is 16.5. The molecule has 2 aromatic carbocycles. The number of likely N-dealkylation sites (tertiary alicyclic amines) is 1. The minimum absolute atomic E-state index is 0.0618. The molecule has 5 rings (SSSR count). The summed E-state index contributed by atoms with van der Waals surface area (Å²) in [7, 11) is 0. The Labute approximate surface area is 205 Å². The van der Waals surface area contributed by atoms with Crippen LogP contribution in [0.3, 0.4) is 0 Å². The van der Waals surface area contributed by atoms with Crippen LogP contribution >= 0.6 is 11.3 Å². The molecule has 6 heteroatoms. The van der Waals surface area contributed by atoms with E-state index in [1.54, 1.807) is 0 Å². The van der Waals surface area contributed by atoms with Crippen LogP contribution in [0, 0.1) is 12.8 Å². The number of hydrogen-bond acceptors (Lipinski definition) is 4. The highest BCUT2D eigenvalue weighted by molar-refractivity contribution is 7.13. The van der Waals surface area contributed by atoms with Crippen LogP contribution < -0.4 is 11.1 Å². The number of nitrogens with two attached hydrogens (primary N) is 1. The van der Waals surface area contributed by atoms with E-state index in [9.17, 15) is 4.79 Å². The summed E-state index contributed by atoms with van der Waals surface area (Å²) in [5, 5.41) is 8.49. The quantitative estimate of drug-likeness (QED) is 0.348. The van der Waals surface area contributed by atoms with Crippen LogP contribution in [0.15, 0.2) is 47.8 Å². The average Bonchev–Trinajstić information content (AvgIpc) is 3.42. The molecule has 0 atom stereocenters. The maximum absolute atomic E-state index is 11.3. The Kier molecular flexibility index (Phi) is 6.73. The largest absolute Gasteiger partial charge is 0.369 e. The molecule has 34 heavy (non-hydrogen) atoms. The standard InChI is InChI=1S/C28H34N4OS/c1-3-32-25-7-4-20(17-30-10-13-31-11-8-21(9-12-31)28(29)33)15-24(25)23-6-5-22(16-26(23)32)27-14-19(2)18-34-27/h4-7,14-16,18,21,30H,3,8-13,17H2,1-2H3,(H2,29,33). The third-order valence-corrected chi connectivity index (χ3v) is 8.28. The lowest BCUT2D eigenvalue weighted by Gasteiger charge is -2.30. The summed E-state index contributed by atoms with van der Waals surface area (Å²) < 4.78 is 2.43. The number of carbonyl (C=O) groups is 1. The van der Waals surface area contributed by atoms with Crippen molar-refractivity contribution in [3.8, 4) is 10.4 Å². The average molecular weight is 475 g/mol. The van der Waals surface area contributed by atoms with Gasteiger partial charge in [-0.1, -0.05) is 18.2 Å². The molecular formula is C28H34N4OS. The molecule has 0 unspecified atom stereocenters. The van der Waals surface area contributed by atoms with Crippen LogP contribution in [-0.2, 0) is 17.9 Å². The van der Waals surface area contributed by atoms with E-state index in [2.05, 4.69) is 76.5 Å². The lowest BCUT2D eigenvalue weighted by molar-refractivity contribution is -0.123. The van der Waals surface area contributed by atoms with Gasteiger partial charge in [-0.3, -0.25) is 4.79 Å². The van der Waals surface area contributed by atoms with E-state index in [0.29, 0.717) is 0 Å². The Morgan fingerprint density at radius 3 is 2.62 bits per heavy atom. The number of nitrogens with one attached hydrogen (secondary N) is 1. The summed E-state index contributed by atoms with van der Waals surface area (Å²) in [5.41, 5.74) is 12.0. The molecule has 4 aromatic rings. The van der Waals surface area contributed by atoms with Gasteiger partial charge in [-0.25, -0.2) is 0 Å². The second-order valence-corrected chi connectivity index (χ2v) is 10.4. The first-order valence-electron chi connectivity index (χ1n) is 12.4. The number of benzene rings is 2. The fourth-order valence-electron chi connectivity index (χ4n) is 5.24. The molecule has 1 saturated heterocycles. The molecule has 0 saturated carbocycles. The van der Waals surface area contributed by atoms with Crippen LogP contribution in [0.4, 0.5) is 0 Å². The highest BCUT2D eigenvalue weighted by Gasteiger charge is 2.22. The zero-order valence-corrected chi connectivity index (χ0v) is 21.0. The van der Waals surface area contributed by atoms with Crippen LogP contribution in [0.1, 0.15) is 30.9 Å². The van der Waals surface area contributed by atoms with Gasteiger partial charge >= 0.3 is 0 Å². The SMILES string of the molecule is CCn1c2ccc(CNCCN3CCC(C(N)=O)CC3)cc2c2ccc(-c3cc(C)cs3)cc21. The van der Waals surface area contributed by atoms with Gasteiger partial charge in [-0.05, 0) is 86.1 Å². The van der Waals surface area contributed by atoms with Crippen molar-refractivity contribution in [2.45, 2.75) is 39.8 Å². The predicted octanol–water partition coefficient (Wildman–Crippen LogP) is 5.14. The topological polar surface area (TPSA) is 63.3 Å². The molecule has 1 aliphatic heterocycles. The van der Waals surface area contributed by atoms with Gasteiger partial charge in [0.2, 0.25) is 5.91 Å². The van der Waals surface area contributed by atoms with Gasteiger partial charge in [-0.15, -0.1) is 11.3 Å². The van der Waals surface area contributed by atoms with Crippen LogP contribution in [0.5, 0.6) is 0 Å².